The first-order valence-corrected chi connectivity index (χ1v) is 10.5. The Morgan fingerprint density at radius 3 is 2.67 bits per heavy atom. The normalized spacial score (nSPS) is 16.2. The van der Waals surface area contributed by atoms with Crippen molar-refractivity contribution in [3.8, 4) is 0 Å². The van der Waals surface area contributed by atoms with E-state index in [4.69, 9.17) is 23.2 Å². The lowest BCUT2D eigenvalue weighted by atomic mass is 10.2. The van der Waals surface area contributed by atoms with Gasteiger partial charge in [0.1, 0.15) is 5.15 Å². The van der Waals surface area contributed by atoms with E-state index in [1.54, 1.807) is 38.2 Å². The zero-order chi connectivity index (χ0) is 19.8. The van der Waals surface area contributed by atoms with Crippen molar-refractivity contribution in [2.45, 2.75) is 13.3 Å². The van der Waals surface area contributed by atoms with E-state index in [-0.39, 0.29) is 5.75 Å². The topological polar surface area (TPSA) is 84.3 Å². The molecule has 1 saturated heterocycles. The molecule has 2 aromatic rings. The van der Waals surface area contributed by atoms with Crippen LogP contribution in [0.15, 0.2) is 24.3 Å². The summed E-state index contributed by atoms with van der Waals surface area (Å²) in [7, 11) is -1.60. The maximum absolute atomic E-state index is 12.3. The molecule has 1 aliphatic heterocycles. The Morgan fingerprint density at radius 1 is 1.33 bits per heavy atom. The molecular weight excluding hydrogens is 411 g/mol. The maximum atomic E-state index is 12.3. The summed E-state index contributed by atoms with van der Waals surface area (Å²) in [5, 5.41) is 7.58. The van der Waals surface area contributed by atoms with Crippen molar-refractivity contribution in [2.24, 2.45) is 7.05 Å². The Balaban J connectivity index is 1.80. The predicted molar refractivity (Wildman–Crippen MR) is 108 cm³/mol. The molecule has 0 unspecified atom stereocenters. The number of nitrogens with one attached hydrogen (secondary N) is 1. The van der Waals surface area contributed by atoms with Crippen molar-refractivity contribution < 1.29 is 13.2 Å². The Bertz CT molecular complexity index is 1030. The van der Waals surface area contributed by atoms with Gasteiger partial charge in [-0.05, 0) is 37.6 Å². The van der Waals surface area contributed by atoms with E-state index >= 15 is 0 Å². The Morgan fingerprint density at radius 2 is 2.07 bits per heavy atom. The number of aromatic nitrogens is 2. The summed E-state index contributed by atoms with van der Waals surface area (Å²) in [4.78, 5) is 12.3. The molecule has 1 aliphatic rings. The average molecular weight is 429 g/mol. The van der Waals surface area contributed by atoms with Crippen LogP contribution in [0.25, 0.3) is 6.08 Å². The first kappa shape index (κ1) is 19.7. The molecule has 0 aliphatic carbocycles. The van der Waals surface area contributed by atoms with Crippen LogP contribution in [0.3, 0.4) is 0 Å². The molecule has 0 bridgehead atoms. The van der Waals surface area contributed by atoms with Crippen LogP contribution < -0.4 is 9.62 Å². The summed E-state index contributed by atoms with van der Waals surface area (Å²) in [6.45, 7) is 2.20. The molecular formula is C17H18Cl2N4O3S. The molecule has 1 aromatic heterocycles. The van der Waals surface area contributed by atoms with E-state index in [0.29, 0.717) is 45.8 Å². The van der Waals surface area contributed by atoms with Crippen LogP contribution in [0.5, 0.6) is 0 Å². The summed E-state index contributed by atoms with van der Waals surface area (Å²) in [6, 6.07) is 4.74. The maximum Gasteiger partial charge on any atom is 0.248 e. The van der Waals surface area contributed by atoms with Crippen molar-refractivity contribution in [3.63, 3.8) is 0 Å². The molecule has 3 rings (SSSR count). The van der Waals surface area contributed by atoms with E-state index in [9.17, 15) is 13.2 Å². The van der Waals surface area contributed by atoms with Gasteiger partial charge in [0.2, 0.25) is 15.9 Å². The molecule has 27 heavy (non-hydrogen) atoms. The van der Waals surface area contributed by atoms with E-state index in [0.717, 1.165) is 0 Å². The van der Waals surface area contributed by atoms with Gasteiger partial charge in [-0.15, -0.1) is 0 Å². The quantitative estimate of drug-likeness (QED) is 0.757. The zero-order valence-corrected chi connectivity index (χ0v) is 17.1. The summed E-state index contributed by atoms with van der Waals surface area (Å²) < 4.78 is 27.0. The molecule has 10 heteroatoms. The summed E-state index contributed by atoms with van der Waals surface area (Å²) in [6.07, 6.45) is 3.47. The number of halogens is 2. The van der Waals surface area contributed by atoms with Gasteiger partial charge >= 0.3 is 0 Å². The van der Waals surface area contributed by atoms with Gasteiger partial charge in [0.15, 0.2) is 0 Å². The second-order valence-electron chi connectivity index (χ2n) is 6.14. The summed E-state index contributed by atoms with van der Waals surface area (Å²) in [5.41, 5.74) is 2.16. The highest BCUT2D eigenvalue weighted by molar-refractivity contribution is 7.93. The van der Waals surface area contributed by atoms with Crippen LogP contribution in [0.4, 0.5) is 11.4 Å². The number of hydrogen-bond acceptors (Lipinski definition) is 4. The van der Waals surface area contributed by atoms with Gasteiger partial charge in [-0.3, -0.25) is 13.8 Å². The van der Waals surface area contributed by atoms with Crippen LogP contribution in [-0.4, -0.2) is 36.4 Å². The fourth-order valence-electron chi connectivity index (χ4n) is 2.86. The lowest BCUT2D eigenvalue weighted by Crippen LogP contribution is -2.25. The molecule has 0 spiro atoms. The highest BCUT2D eigenvalue weighted by Gasteiger charge is 2.28. The number of amides is 1. The lowest BCUT2D eigenvalue weighted by Gasteiger charge is -2.18. The highest BCUT2D eigenvalue weighted by Crippen LogP contribution is 2.31. The van der Waals surface area contributed by atoms with Crippen molar-refractivity contribution in [1.82, 2.24) is 9.78 Å². The number of nitrogens with zero attached hydrogens (tertiary/aromatic N) is 3. The lowest BCUT2D eigenvalue weighted by molar-refractivity contribution is -0.111. The van der Waals surface area contributed by atoms with Crippen molar-refractivity contribution in [2.75, 3.05) is 21.9 Å². The van der Waals surface area contributed by atoms with Crippen molar-refractivity contribution in [3.05, 3.63) is 45.7 Å². The molecule has 1 aromatic carbocycles. The molecule has 0 radical (unpaired) electrons. The summed E-state index contributed by atoms with van der Waals surface area (Å²) in [5.74, 6) is -0.302. The molecule has 144 valence electrons. The second kappa shape index (κ2) is 7.53. The Kier molecular flexibility index (Phi) is 5.50. The summed E-state index contributed by atoms with van der Waals surface area (Å²) >= 11 is 12.3. The van der Waals surface area contributed by atoms with Crippen LogP contribution in [0.1, 0.15) is 17.7 Å². The third-order valence-corrected chi connectivity index (χ3v) is 6.84. The van der Waals surface area contributed by atoms with Gasteiger partial charge < -0.3 is 5.32 Å². The predicted octanol–water partition coefficient (Wildman–Crippen LogP) is 3.23. The minimum Gasteiger partial charge on any atom is -0.321 e. The van der Waals surface area contributed by atoms with Gasteiger partial charge in [0.05, 0.1) is 27.8 Å². The smallest absolute Gasteiger partial charge is 0.248 e. The Hall–Kier alpha value is -2.03. The zero-order valence-electron chi connectivity index (χ0n) is 14.7. The molecule has 1 fully saturated rings. The van der Waals surface area contributed by atoms with E-state index in [1.807, 2.05) is 0 Å². The fraction of sp³-hybridized carbons (Fsp3) is 0.294. The van der Waals surface area contributed by atoms with Gasteiger partial charge in [-0.2, -0.15) is 5.10 Å². The first-order valence-electron chi connectivity index (χ1n) is 8.17. The number of anilines is 2. The number of carbonyl (C=O) groups excluding carboxylic acids is 1. The number of carbonyl (C=O) groups is 1. The number of rotatable bonds is 4. The Labute approximate surface area is 167 Å². The number of sulfonamides is 1. The minimum absolute atomic E-state index is 0.116. The average Bonchev–Trinajstić information content (AvgIpc) is 3.06. The van der Waals surface area contributed by atoms with Gasteiger partial charge in [0, 0.05) is 25.2 Å². The largest absolute Gasteiger partial charge is 0.321 e. The third-order valence-electron chi connectivity index (χ3n) is 4.19. The molecule has 7 nitrogen and oxygen atoms in total. The SMILES string of the molecule is Cc1nn(C)c(Cl)c1C=CC(=O)Nc1cc(N2CCCS2(=O)=O)ccc1Cl. The highest BCUT2D eigenvalue weighted by atomic mass is 35.5. The number of hydrogen-bond donors (Lipinski definition) is 1. The van der Waals surface area contributed by atoms with Gasteiger partial charge in [0.25, 0.3) is 0 Å². The van der Waals surface area contributed by atoms with Crippen LogP contribution in [0, 0.1) is 6.92 Å². The van der Waals surface area contributed by atoms with Crippen LogP contribution >= 0.6 is 23.2 Å². The van der Waals surface area contributed by atoms with E-state index < -0.39 is 15.9 Å². The standard InChI is InChI=1S/C17H18Cl2N4O3S/c1-11-13(17(19)22(2)21-11)5-7-16(24)20-15-10-12(4-6-14(15)18)23-8-3-9-27(23,25)26/h4-7,10H,3,8-9H2,1-2H3,(H,20,24). The second-order valence-corrected chi connectivity index (χ2v) is 8.92. The molecule has 2 heterocycles. The monoisotopic (exact) mass is 428 g/mol. The van der Waals surface area contributed by atoms with Gasteiger partial charge in [-0.1, -0.05) is 23.2 Å². The van der Waals surface area contributed by atoms with Crippen LogP contribution in [0.2, 0.25) is 10.2 Å². The van der Waals surface area contributed by atoms with Gasteiger partial charge in [-0.25, -0.2) is 8.42 Å². The fourth-order valence-corrected chi connectivity index (χ4v) is 4.82. The van der Waals surface area contributed by atoms with Crippen molar-refractivity contribution in [1.29, 1.82) is 0 Å². The molecule has 1 N–H and O–H groups in total. The number of aryl methyl sites for hydroxylation is 2. The first-order chi connectivity index (χ1) is 12.7. The van der Waals surface area contributed by atoms with E-state index in [1.165, 1.54) is 15.1 Å². The number of benzene rings is 1. The molecule has 1 amide bonds. The molecule has 0 atom stereocenters. The third kappa shape index (κ3) is 4.12. The van der Waals surface area contributed by atoms with Crippen LogP contribution in [-0.2, 0) is 21.9 Å². The van der Waals surface area contributed by atoms with Crippen molar-refractivity contribution >= 4 is 56.6 Å². The molecule has 0 saturated carbocycles. The van der Waals surface area contributed by atoms with E-state index in [2.05, 4.69) is 10.4 Å². The minimum atomic E-state index is -3.31.